The van der Waals surface area contributed by atoms with Crippen LogP contribution < -0.4 is 0 Å². The number of hydrogen-bond acceptors (Lipinski definition) is 6. The van der Waals surface area contributed by atoms with Gasteiger partial charge < -0.3 is 18.9 Å². The van der Waals surface area contributed by atoms with Gasteiger partial charge >= 0.3 is 13.8 Å². The Balaban J connectivity index is 4.29. The van der Waals surface area contributed by atoms with E-state index in [0.717, 1.165) is 44.9 Å². The first-order valence-corrected chi connectivity index (χ1v) is 23.2. The Kier molecular flexibility index (Phi) is 37.3. The van der Waals surface area contributed by atoms with Crippen LogP contribution in [0.15, 0.2) is 72.9 Å². The van der Waals surface area contributed by atoms with Crippen molar-refractivity contribution in [3.8, 4) is 0 Å². The third kappa shape index (κ3) is 42.9. The summed E-state index contributed by atoms with van der Waals surface area (Å²) in [5.41, 5.74) is 0. The molecule has 1 N–H and O–H groups in total. The fourth-order valence-corrected chi connectivity index (χ4v) is 6.16. The average molecular weight is 793 g/mol. The van der Waals surface area contributed by atoms with E-state index in [1.807, 2.05) is 33.3 Å². The molecule has 8 nitrogen and oxygen atoms in total. The summed E-state index contributed by atoms with van der Waals surface area (Å²) in [6, 6.07) is 0. The highest BCUT2D eigenvalue weighted by Gasteiger charge is 2.26. The van der Waals surface area contributed by atoms with Crippen molar-refractivity contribution in [2.75, 3.05) is 54.1 Å². The molecule has 0 radical (unpaired) electrons. The summed E-state index contributed by atoms with van der Waals surface area (Å²) < 4.78 is 34.9. The Morgan fingerprint density at radius 2 is 1.05 bits per heavy atom. The monoisotopic (exact) mass is 793 g/mol. The molecule has 0 aromatic rings. The van der Waals surface area contributed by atoms with Gasteiger partial charge in [-0.3, -0.25) is 13.8 Å². The van der Waals surface area contributed by atoms with Crippen LogP contribution in [0.3, 0.4) is 0 Å². The smallest absolute Gasteiger partial charge is 0.457 e. The van der Waals surface area contributed by atoms with Crippen molar-refractivity contribution < 1.29 is 37.3 Å². The van der Waals surface area contributed by atoms with E-state index in [0.29, 0.717) is 24.1 Å². The predicted molar refractivity (Wildman–Crippen MR) is 233 cm³/mol. The van der Waals surface area contributed by atoms with Gasteiger partial charge in [0.1, 0.15) is 19.3 Å². The first-order valence-electron chi connectivity index (χ1n) is 21.7. The van der Waals surface area contributed by atoms with Crippen LogP contribution in [0.4, 0.5) is 0 Å². The molecule has 0 rings (SSSR count). The summed E-state index contributed by atoms with van der Waals surface area (Å²) in [4.78, 5) is 22.8. The number of ether oxygens (including phenoxy) is 2. The van der Waals surface area contributed by atoms with Crippen LogP contribution in [-0.4, -0.2) is 75.6 Å². The van der Waals surface area contributed by atoms with Crippen LogP contribution in [0.25, 0.3) is 0 Å². The average Bonchev–Trinajstić information content (AvgIpc) is 3.13. The van der Waals surface area contributed by atoms with E-state index >= 15 is 0 Å². The zero-order valence-corrected chi connectivity index (χ0v) is 36.8. The number of carbonyl (C=O) groups is 1. The van der Waals surface area contributed by atoms with Crippen molar-refractivity contribution >= 4 is 13.8 Å². The molecule has 0 aliphatic heterocycles. The molecule has 0 bridgehead atoms. The number of esters is 1. The number of unbranched alkanes of at least 4 members (excludes halogenated alkanes) is 13. The number of carbonyl (C=O) groups excluding carboxylic acids is 1. The molecule has 0 aliphatic rings. The Morgan fingerprint density at radius 1 is 0.582 bits per heavy atom. The van der Waals surface area contributed by atoms with E-state index in [9.17, 15) is 14.3 Å². The van der Waals surface area contributed by atoms with Crippen LogP contribution in [0, 0.1) is 0 Å². The van der Waals surface area contributed by atoms with Crippen molar-refractivity contribution in [3.05, 3.63) is 72.9 Å². The molecular weight excluding hydrogens is 709 g/mol. The maximum atomic E-state index is 12.6. The quantitative estimate of drug-likeness (QED) is 0.0218. The summed E-state index contributed by atoms with van der Waals surface area (Å²) in [5, 5.41) is 0. The van der Waals surface area contributed by atoms with Crippen molar-refractivity contribution in [2.24, 2.45) is 0 Å². The molecule has 0 fully saturated rings. The molecule has 2 atom stereocenters. The standard InChI is InChI=1S/C46H82NO7P/c1-6-8-10-12-14-16-18-20-21-22-23-24-25-26-28-30-32-34-36-38-41-51-43-45(44-53-55(49,50)52-42-40-47(3,4)5)54-46(48)39-37-35-33-31-29-27-19-17-15-13-11-9-7-2/h9,11,14-17,20-21,27,29,33,35,45H,6-8,10,12-13,18-19,22-26,28,30-32,34,36-44H2,1-5H3/p+1/b11-9-,16-14-,17-15-,21-20-,29-27-,35-33-. The topological polar surface area (TPSA) is 91.3 Å². The lowest BCUT2D eigenvalue weighted by Crippen LogP contribution is -2.37. The Morgan fingerprint density at radius 3 is 1.58 bits per heavy atom. The van der Waals surface area contributed by atoms with E-state index in [1.54, 1.807) is 0 Å². The van der Waals surface area contributed by atoms with Crippen LogP contribution in [-0.2, 0) is 27.9 Å². The molecule has 0 saturated carbocycles. The Hall–Kier alpha value is -2.06. The third-order valence-electron chi connectivity index (χ3n) is 8.77. The predicted octanol–water partition coefficient (Wildman–Crippen LogP) is 12.7. The SMILES string of the molecule is CC/C=C\C/C=C\C/C=C\C/C=C\CCC(=O)OC(COCCCCCCCCCCCC/C=C\C/C=C\CCCCC)COP(=O)(O)OCC[N+](C)(C)C. The number of rotatable bonds is 39. The highest BCUT2D eigenvalue weighted by atomic mass is 31.2. The molecule has 0 aromatic carbocycles. The highest BCUT2D eigenvalue weighted by molar-refractivity contribution is 7.47. The minimum absolute atomic E-state index is 0.0721. The van der Waals surface area contributed by atoms with E-state index < -0.39 is 19.9 Å². The minimum Gasteiger partial charge on any atom is -0.457 e. The molecule has 9 heteroatoms. The summed E-state index contributed by atoms with van der Waals surface area (Å²) in [5.74, 6) is -0.397. The molecule has 2 unspecified atom stereocenters. The zero-order valence-electron chi connectivity index (χ0n) is 35.9. The van der Waals surface area contributed by atoms with Crippen molar-refractivity contribution in [3.63, 3.8) is 0 Å². The summed E-state index contributed by atoms with van der Waals surface area (Å²) in [7, 11) is 1.61. The fraction of sp³-hybridized carbons (Fsp3) is 0.717. The molecule has 0 aromatic heterocycles. The Bertz CT molecular complexity index is 1110. The van der Waals surface area contributed by atoms with Gasteiger partial charge in [0.05, 0.1) is 34.4 Å². The lowest BCUT2D eigenvalue weighted by Gasteiger charge is -2.24. The first-order chi connectivity index (χ1) is 26.6. The highest BCUT2D eigenvalue weighted by Crippen LogP contribution is 2.43. The van der Waals surface area contributed by atoms with Gasteiger partial charge in [-0.1, -0.05) is 151 Å². The number of quaternary nitrogens is 1. The van der Waals surface area contributed by atoms with Gasteiger partial charge in [-0.25, -0.2) is 4.57 Å². The first kappa shape index (κ1) is 52.9. The summed E-state index contributed by atoms with van der Waals surface area (Å²) >= 11 is 0. The minimum atomic E-state index is -4.30. The molecular formula is C46H83NO7P+. The number of phosphoric ester groups is 1. The van der Waals surface area contributed by atoms with Crippen LogP contribution in [0.5, 0.6) is 0 Å². The second-order valence-corrected chi connectivity index (χ2v) is 16.8. The molecule has 0 saturated heterocycles. The molecule has 0 spiro atoms. The molecule has 0 heterocycles. The fourth-order valence-electron chi connectivity index (χ4n) is 5.42. The van der Waals surface area contributed by atoms with Gasteiger partial charge in [0.15, 0.2) is 0 Å². The number of phosphoric acid groups is 1. The van der Waals surface area contributed by atoms with Gasteiger partial charge in [0.25, 0.3) is 0 Å². The van der Waals surface area contributed by atoms with Crippen LogP contribution in [0.1, 0.15) is 155 Å². The second-order valence-electron chi connectivity index (χ2n) is 15.3. The number of nitrogens with zero attached hydrogens (tertiary/aromatic N) is 1. The molecule has 0 amide bonds. The molecule has 55 heavy (non-hydrogen) atoms. The van der Waals surface area contributed by atoms with Gasteiger partial charge in [-0.15, -0.1) is 0 Å². The number of allylic oxidation sites excluding steroid dienone is 12. The normalized spacial score (nSPS) is 14.5. The van der Waals surface area contributed by atoms with E-state index in [1.165, 1.54) is 83.5 Å². The number of hydrogen-bond donors (Lipinski definition) is 1. The lowest BCUT2D eigenvalue weighted by molar-refractivity contribution is -0.870. The van der Waals surface area contributed by atoms with E-state index in [2.05, 4.69) is 74.6 Å². The largest absolute Gasteiger partial charge is 0.472 e. The zero-order chi connectivity index (χ0) is 40.6. The van der Waals surface area contributed by atoms with Crippen molar-refractivity contribution in [2.45, 2.75) is 161 Å². The van der Waals surface area contributed by atoms with Crippen LogP contribution in [0.2, 0.25) is 0 Å². The van der Waals surface area contributed by atoms with Crippen LogP contribution >= 0.6 is 7.82 Å². The van der Waals surface area contributed by atoms with E-state index in [-0.39, 0.29) is 26.2 Å². The molecule has 318 valence electrons. The van der Waals surface area contributed by atoms with Gasteiger partial charge in [-0.2, -0.15) is 0 Å². The second kappa shape index (κ2) is 38.8. The summed E-state index contributed by atoms with van der Waals surface area (Å²) in [6.07, 6.45) is 49.6. The maximum absolute atomic E-state index is 12.6. The van der Waals surface area contributed by atoms with Crippen molar-refractivity contribution in [1.29, 1.82) is 0 Å². The maximum Gasteiger partial charge on any atom is 0.472 e. The van der Waals surface area contributed by atoms with Crippen molar-refractivity contribution in [1.82, 2.24) is 0 Å². The van der Waals surface area contributed by atoms with Gasteiger partial charge in [0.2, 0.25) is 0 Å². The number of likely N-dealkylation sites (N-methyl/N-ethyl adjacent to an activating group) is 1. The lowest BCUT2D eigenvalue weighted by atomic mass is 10.1. The Labute approximate surface area is 338 Å². The summed E-state index contributed by atoms with van der Waals surface area (Å²) in [6.45, 7) is 5.36. The van der Waals surface area contributed by atoms with E-state index in [4.69, 9.17) is 18.5 Å². The third-order valence-corrected chi connectivity index (χ3v) is 9.75. The van der Waals surface area contributed by atoms with Gasteiger partial charge in [-0.05, 0) is 70.6 Å². The molecule has 0 aliphatic carbocycles. The van der Waals surface area contributed by atoms with Gasteiger partial charge in [0, 0.05) is 13.0 Å².